The van der Waals surface area contributed by atoms with Crippen molar-refractivity contribution in [1.82, 2.24) is 6.15 Å². The summed E-state index contributed by atoms with van der Waals surface area (Å²) in [7, 11) is -4.67. The Bertz CT molecular complexity index is 95.6. The molecule has 0 atom stereocenters. The molecule has 0 fully saturated rings. The van der Waals surface area contributed by atoms with Crippen molar-refractivity contribution < 1.29 is 23.0 Å². The van der Waals surface area contributed by atoms with E-state index in [0.717, 1.165) is 0 Å². The summed E-state index contributed by atoms with van der Waals surface area (Å²) >= 11 is 0. The van der Waals surface area contributed by atoms with Gasteiger partial charge in [0, 0.05) is 0 Å². The molecular weight excluding hydrogens is 149 g/mol. The van der Waals surface area contributed by atoms with Crippen molar-refractivity contribution in [2.75, 3.05) is 0 Å². The van der Waals surface area contributed by atoms with Gasteiger partial charge in [0.2, 0.25) is 0 Å². The van der Waals surface area contributed by atoms with Gasteiger partial charge >= 0.3 is 40.0 Å². The molecule has 0 aliphatic rings. The van der Waals surface area contributed by atoms with Crippen molar-refractivity contribution in [3.63, 3.8) is 0 Å². The Morgan fingerprint density at radius 1 is 1.12 bits per heavy atom. The fourth-order valence-electron chi connectivity index (χ4n) is 0. The Morgan fingerprint density at radius 3 is 1.12 bits per heavy atom. The molecule has 0 radical (unpaired) electrons. The average Bonchev–Trinajstić information content (AvgIpc) is 0.722. The first-order valence-corrected chi connectivity index (χ1v) is 2.10. The van der Waals surface area contributed by atoms with Gasteiger partial charge in [0.05, 0.1) is 0 Å². The minimum atomic E-state index is -4.67. The number of hydrogen-bond donors (Lipinski definition) is 3. The summed E-state index contributed by atoms with van der Waals surface area (Å²) in [6.45, 7) is 0. The molecule has 0 aromatic heterocycles. The molecule has 0 saturated carbocycles. The third-order valence-corrected chi connectivity index (χ3v) is 0. The first-order chi connectivity index (χ1) is 2.00. The molecule has 50 valence electrons. The van der Waals surface area contributed by atoms with Gasteiger partial charge in [-0.3, -0.25) is 9.11 Å². The van der Waals surface area contributed by atoms with Crippen LogP contribution in [0.15, 0.2) is 0 Å². The van der Waals surface area contributed by atoms with Gasteiger partial charge in [-0.25, -0.2) is 0 Å². The second-order valence-corrected chi connectivity index (χ2v) is 1.34. The summed E-state index contributed by atoms with van der Waals surface area (Å²) in [6, 6.07) is 0. The van der Waals surface area contributed by atoms with Crippen LogP contribution in [-0.2, 0) is 10.4 Å². The van der Waals surface area contributed by atoms with E-state index < -0.39 is 10.4 Å². The van der Waals surface area contributed by atoms with E-state index in [1.54, 1.807) is 0 Å². The minimum absolute atomic E-state index is 0. The third-order valence-electron chi connectivity index (χ3n) is 0. The molecule has 0 aliphatic carbocycles. The van der Waals surface area contributed by atoms with Gasteiger partial charge in [0.1, 0.15) is 0 Å². The molecule has 0 unspecified atom stereocenters. The van der Waals surface area contributed by atoms with Gasteiger partial charge in [0.15, 0.2) is 0 Å². The molecule has 0 spiro atoms. The second kappa shape index (κ2) is 7.79. The Labute approximate surface area is 69.0 Å². The molecule has 0 aromatic carbocycles. The van der Waals surface area contributed by atoms with E-state index in [1.165, 1.54) is 0 Å². The Morgan fingerprint density at radius 2 is 1.12 bits per heavy atom. The molecule has 8 heavy (non-hydrogen) atoms. The monoisotopic (exact) mass is 157 g/mol. The van der Waals surface area contributed by atoms with Gasteiger partial charge in [0.25, 0.3) is 0 Å². The number of hydrogen-bond acceptors (Lipinski definition) is 3. The first-order valence-electron chi connectivity index (χ1n) is 0.698. The Hall–Kier alpha value is 0.790. The molecule has 0 aliphatic heterocycles. The van der Waals surface area contributed by atoms with Gasteiger partial charge in [-0.1, -0.05) is 0 Å². The van der Waals surface area contributed by atoms with Crippen LogP contribution in [0.2, 0.25) is 0 Å². The molecule has 6 nitrogen and oxygen atoms in total. The van der Waals surface area contributed by atoms with E-state index in [9.17, 15) is 0 Å². The fraction of sp³-hybridized carbons (Fsp3) is 0. The van der Waals surface area contributed by atoms with Crippen molar-refractivity contribution >= 4 is 40.0 Å². The van der Waals surface area contributed by atoms with E-state index in [0.29, 0.717) is 0 Å². The maximum atomic E-state index is 8.74. The van der Waals surface area contributed by atoms with E-state index in [-0.39, 0.29) is 41.2 Å². The Kier molecular flexibility index (Phi) is 22.6. The molecule has 0 rings (SSSR count). The van der Waals surface area contributed by atoms with Crippen LogP contribution in [0.3, 0.4) is 0 Å². The summed E-state index contributed by atoms with van der Waals surface area (Å²) in [6.07, 6.45) is 0. The summed E-state index contributed by atoms with van der Waals surface area (Å²) in [5, 5.41) is 0. The molecule has 0 aromatic rings. The van der Waals surface area contributed by atoms with Crippen LogP contribution in [0.1, 0.15) is 0 Å². The topological polar surface area (TPSA) is 141 Å². The third kappa shape index (κ3) is 365. The van der Waals surface area contributed by atoms with Crippen LogP contribution in [0.25, 0.3) is 0 Å². The van der Waals surface area contributed by atoms with Gasteiger partial charge in [-0.2, -0.15) is 8.42 Å². The molecule has 0 bridgehead atoms. The van der Waals surface area contributed by atoms with Crippen LogP contribution >= 0.6 is 0 Å². The zero-order valence-corrected chi connectivity index (χ0v) is 4.14. The van der Waals surface area contributed by atoms with E-state index in [4.69, 9.17) is 17.5 Å². The van der Waals surface area contributed by atoms with E-state index in [1.807, 2.05) is 0 Å². The zero-order valence-electron chi connectivity index (χ0n) is 3.33. The average molecular weight is 157 g/mol. The van der Waals surface area contributed by atoms with Gasteiger partial charge in [-0.15, -0.1) is 0 Å². The van der Waals surface area contributed by atoms with E-state index in [2.05, 4.69) is 0 Å². The van der Waals surface area contributed by atoms with Crippen LogP contribution < -0.4 is 6.15 Å². The standard InChI is InChI=1S/H3N.Na.H2O4S.H2O.H/c;;1-5(2,3)4;;/h1H3;;(H2,1,2,3,4);1H2;. The summed E-state index contributed by atoms with van der Waals surface area (Å²) in [5.74, 6) is 0. The summed E-state index contributed by atoms with van der Waals surface area (Å²) in [4.78, 5) is 0. The zero-order chi connectivity index (χ0) is 4.50. The van der Waals surface area contributed by atoms with Crippen molar-refractivity contribution in [3.8, 4) is 0 Å². The predicted octanol–water partition coefficient (Wildman–Crippen LogP) is -1.96. The van der Waals surface area contributed by atoms with Crippen LogP contribution in [0, 0.1) is 0 Å². The van der Waals surface area contributed by atoms with Gasteiger partial charge < -0.3 is 11.6 Å². The van der Waals surface area contributed by atoms with Crippen molar-refractivity contribution in [3.05, 3.63) is 0 Å². The first kappa shape index (κ1) is 23.2. The number of rotatable bonds is 0. The molecule has 8 heteroatoms. The summed E-state index contributed by atoms with van der Waals surface area (Å²) in [5.41, 5.74) is 0. The molecule has 7 N–H and O–H groups in total. The van der Waals surface area contributed by atoms with Crippen molar-refractivity contribution in [2.24, 2.45) is 0 Å². The molecular formula is H8NNaO5S. The van der Waals surface area contributed by atoms with Crippen molar-refractivity contribution in [1.29, 1.82) is 0 Å². The SMILES string of the molecule is N.O.O=S(=O)(O)O.[NaH]. The maximum absolute atomic E-state index is 8.74. The molecule has 0 heterocycles. The quantitative estimate of drug-likeness (QED) is 0.276. The predicted molar refractivity (Wildman–Crippen MR) is 30.0 cm³/mol. The second-order valence-electron chi connectivity index (χ2n) is 0.448. The molecule has 0 amide bonds. The van der Waals surface area contributed by atoms with Crippen LogP contribution in [0.4, 0.5) is 0 Å². The summed E-state index contributed by atoms with van der Waals surface area (Å²) < 4.78 is 31.6. The fourth-order valence-corrected chi connectivity index (χ4v) is 0. The van der Waals surface area contributed by atoms with E-state index >= 15 is 0 Å². The van der Waals surface area contributed by atoms with Crippen molar-refractivity contribution in [2.45, 2.75) is 0 Å². The normalized spacial score (nSPS) is 7.25. The van der Waals surface area contributed by atoms with Crippen LogP contribution in [0.5, 0.6) is 0 Å². The Balaban J connectivity index is -0.0000000267. The van der Waals surface area contributed by atoms with Crippen LogP contribution in [-0.4, -0.2) is 52.6 Å². The molecule has 0 saturated heterocycles. The van der Waals surface area contributed by atoms with Gasteiger partial charge in [-0.05, 0) is 0 Å².